The third kappa shape index (κ3) is 4.34. The lowest BCUT2D eigenvalue weighted by Gasteiger charge is -2.06. The van der Waals surface area contributed by atoms with Crippen molar-refractivity contribution in [2.24, 2.45) is 0 Å². The lowest BCUT2D eigenvalue weighted by molar-refractivity contribution is -0.112. The number of anilines is 1. The molecular formula is C29H20N4O. The van der Waals surface area contributed by atoms with Crippen LogP contribution in [0, 0.1) is 11.3 Å². The number of nitriles is 1. The summed E-state index contributed by atoms with van der Waals surface area (Å²) in [6, 6.07) is 35.1. The van der Waals surface area contributed by atoms with Crippen molar-refractivity contribution >= 4 is 28.4 Å². The van der Waals surface area contributed by atoms with Crippen LogP contribution >= 0.6 is 0 Å². The molecule has 0 saturated heterocycles. The average Bonchev–Trinajstić information content (AvgIpc) is 3.32. The Kier molecular flexibility index (Phi) is 5.71. The Hall–Kier alpha value is -4.95. The molecule has 1 heterocycles. The van der Waals surface area contributed by atoms with Gasteiger partial charge < -0.3 is 5.32 Å². The first-order chi connectivity index (χ1) is 16.7. The minimum atomic E-state index is -0.468. The highest BCUT2D eigenvalue weighted by Crippen LogP contribution is 2.26. The van der Waals surface area contributed by atoms with E-state index in [1.165, 1.54) is 0 Å². The number of benzene rings is 4. The summed E-state index contributed by atoms with van der Waals surface area (Å²) in [5.74, 6) is -0.468. The fourth-order valence-corrected chi connectivity index (χ4v) is 3.80. The van der Waals surface area contributed by atoms with E-state index in [1.807, 2.05) is 115 Å². The molecule has 0 bridgehead atoms. The van der Waals surface area contributed by atoms with Crippen molar-refractivity contribution in [3.63, 3.8) is 0 Å². The molecule has 0 radical (unpaired) electrons. The largest absolute Gasteiger partial charge is 0.321 e. The fraction of sp³-hybridized carbons (Fsp3) is 0. The van der Waals surface area contributed by atoms with E-state index >= 15 is 0 Å². The Bertz CT molecular complexity index is 1540. The van der Waals surface area contributed by atoms with Crippen LogP contribution in [-0.4, -0.2) is 15.7 Å². The number of para-hydroxylation sites is 1. The van der Waals surface area contributed by atoms with Crippen LogP contribution in [0.2, 0.25) is 0 Å². The topological polar surface area (TPSA) is 70.7 Å². The third-order valence-corrected chi connectivity index (χ3v) is 5.48. The van der Waals surface area contributed by atoms with Gasteiger partial charge in [0.25, 0.3) is 5.91 Å². The Balaban J connectivity index is 1.51. The van der Waals surface area contributed by atoms with Crippen LogP contribution in [0.4, 0.5) is 5.69 Å². The average molecular weight is 441 g/mol. The Morgan fingerprint density at radius 1 is 0.853 bits per heavy atom. The van der Waals surface area contributed by atoms with Crippen LogP contribution in [0.1, 0.15) is 5.56 Å². The summed E-state index contributed by atoms with van der Waals surface area (Å²) >= 11 is 0. The lowest BCUT2D eigenvalue weighted by atomic mass is 10.1. The summed E-state index contributed by atoms with van der Waals surface area (Å²) < 4.78 is 1.75. The van der Waals surface area contributed by atoms with Gasteiger partial charge in [0, 0.05) is 23.0 Å². The molecule has 5 rings (SSSR count). The molecule has 162 valence electrons. The van der Waals surface area contributed by atoms with Crippen LogP contribution in [0.15, 0.2) is 115 Å². The summed E-state index contributed by atoms with van der Waals surface area (Å²) in [5.41, 5.74) is 3.79. The van der Waals surface area contributed by atoms with Crippen LogP contribution < -0.4 is 5.32 Å². The molecule has 5 nitrogen and oxygen atoms in total. The zero-order chi connectivity index (χ0) is 23.3. The maximum absolute atomic E-state index is 13.0. The van der Waals surface area contributed by atoms with E-state index in [9.17, 15) is 10.1 Å². The molecule has 0 saturated carbocycles. The molecule has 1 N–H and O–H groups in total. The zero-order valence-corrected chi connectivity index (χ0v) is 18.2. The van der Waals surface area contributed by atoms with E-state index in [0.29, 0.717) is 16.9 Å². The summed E-state index contributed by atoms with van der Waals surface area (Å²) in [6.07, 6.45) is 3.42. The van der Waals surface area contributed by atoms with Crippen molar-refractivity contribution in [3.05, 3.63) is 120 Å². The summed E-state index contributed by atoms with van der Waals surface area (Å²) in [7, 11) is 0. The number of carbonyl (C=O) groups excluding carboxylic acids is 1. The first-order valence-electron chi connectivity index (χ1n) is 10.8. The van der Waals surface area contributed by atoms with Crippen LogP contribution in [0.25, 0.3) is 33.8 Å². The standard InChI is InChI=1S/C29H20N4O/c30-19-24(29(34)31-26-16-15-21-9-7-8-12-23(21)18-26)17-25-20-33(27-13-5-2-6-14-27)32-28(25)22-10-3-1-4-11-22/h1-18,20H,(H,31,34). The normalized spacial score (nSPS) is 11.2. The van der Waals surface area contributed by atoms with Crippen molar-refractivity contribution in [2.45, 2.75) is 0 Å². The number of hydrogen-bond donors (Lipinski definition) is 1. The molecule has 1 amide bonds. The van der Waals surface area contributed by atoms with Crippen molar-refractivity contribution in [3.8, 4) is 23.0 Å². The van der Waals surface area contributed by atoms with Crippen molar-refractivity contribution in [1.82, 2.24) is 9.78 Å². The van der Waals surface area contributed by atoms with Gasteiger partial charge in [-0.25, -0.2) is 4.68 Å². The molecule has 34 heavy (non-hydrogen) atoms. The van der Waals surface area contributed by atoms with Gasteiger partial charge >= 0.3 is 0 Å². The number of nitrogens with zero attached hydrogens (tertiary/aromatic N) is 3. The number of hydrogen-bond acceptors (Lipinski definition) is 3. The first-order valence-corrected chi connectivity index (χ1v) is 10.8. The van der Waals surface area contributed by atoms with Gasteiger partial charge in [0.1, 0.15) is 11.6 Å². The molecule has 0 aliphatic heterocycles. The molecule has 0 spiro atoms. The molecule has 0 aliphatic carbocycles. The molecule has 1 aromatic heterocycles. The van der Waals surface area contributed by atoms with E-state index in [-0.39, 0.29) is 5.57 Å². The number of amides is 1. The second-order valence-electron chi connectivity index (χ2n) is 7.77. The van der Waals surface area contributed by atoms with Crippen LogP contribution in [-0.2, 0) is 4.79 Å². The van der Waals surface area contributed by atoms with E-state index in [0.717, 1.165) is 22.0 Å². The van der Waals surface area contributed by atoms with Gasteiger partial charge in [-0.05, 0) is 41.1 Å². The highest BCUT2D eigenvalue weighted by atomic mass is 16.1. The van der Waals surface area contributed by atoms with Crippen molar-refractivity contribution < 1.29 is 4.79 Å². The summed E-state index contributed by atoms with van der Waals surface area (Å²) in [4.78, 5) is 13.0. The minimum absolute atomic E-state index is 0.00190. The van der Waals surface area contributed by atoms with E-state index in [1.54, 1.807) is 10.8 Å². The number of nitrogens with one attached hydrogen (secondary N) is 1. The number of fused-ring (bicyclic) bond motifs is 1. The lowest BCUT2D eigenvalue weighted by Crippen LogP contribution is -2.13. The summed E-state index contributed by atoms with van der Waals surface area (Å²) in [6.45, 7) is 0. The highest BCUT2D eigenvalue weighted by Gasteiger charge is 2.15. The van der Waals surface area contributed by atoms with Crippen LogP contribution in [0.3, 0.4) is 0 Å². The maximum Gasteiger partial charge on any atom is 0.266 e. The number of aromatic nitrogens is 2. The summed E-state index contributed by atoms with van der Waals surface area (Å²) in [5, 5.41) is 19.5. The molecule has 5 heteroatoms. The van der Waals surface area contributed by atoms with E-state index < -0.39 is 5.91 Å². The van der Waals surface area contributed by atoms with E-state index in [4.69, 9.17) is 5.10 Å². The highest BCUT2D eigenvalue weighted by molar-refractivity contribution is 6.10. The quantitative estimate of drug-likeness (QED) is 0.260. The Morgan fingerprint density at radius 3 is 2.26 bits per heavy atom. The molecular weight excluding hydrogens is 420 g/mol. The SMILES string of the molecule is N#CC(=Cc1cn(-c2ccccc2)nc1-c1ccccc1)C(=O)Nc1ccc2ccccc2c1. The maximum atomic E-state index is 13.0. The van der Waals surface area contributed by atoms with E-state index in [2.05, 4.69) is 5.32 Å². The van der Waals surface area contributed by atoms with Gasteiger partial charge in [0.2, 0.25) is 0 Å². The van der Waals surface area contributed by atoms with Gasteiger partial charge in [0.05, 0.1) is 11.4 Å². The van der Waals surface area contributed by atoms with Gasteiger partial charge in [-0.2, -0.15) is 10.4 Å². The minimum Gasteiger partial charge on any atom is -0.321 e. The van der Waals surface area contributed by atoms with Crippen molar-refractivity contribution in [1.29, 1.82) is 5.26 Å². The molecule has 0 aliphatic rings. The molecule has 0 atom stereocenters. The monoisotopic (exact) mass is 440 g/mol. The third-order valence-electron chi connectivity index (χ3n) is 5.48. The predicted molar refractivity (Wildman–Crippen MR) is 135 cm³/mol. The molecule has 5 aromatic rings. The second kappa shape index (κ2) is 9.27. The second-order valence-corrected chi connectivity index (χ2v) is 7.77. The Morgan fingerprint density at radius 2 is 1.53 bits per heavy atom. The smallest absolute Gasteiger partial charge is 0.266 e. The number of carbonyl (C=O) groups is 1. The van der Waals surface area contributed by atoms with Gasteiger partial charge in [-0.1, -0.05) is 78.9 Å². The van der Waals surface area contributed by atoms with Crippen molar-refractivity contribution in [2.75, 3.05) is 5.32 Å². The molecule has 0 unspecified atom stereocenters. The Labute approximate surface area is 197 Å². The zero-order valence-electron chi connectivity index (χ0n) is 18.2. The van der Waals surface area contributed by atoms with Gasteiger partial charge in [-0.3, -0.25) is 4.79 Å². The number of rotatable bonds is 5. The first kappa shape index (κ1) is 20.9. The molecule has 0 fully saturated rings. The predicted octanol–water partition coefficient (Wildman–Crippen LogP) is 6.24. The van der Waals surface area contributed by atoms with Crippen LogP contribution in [0.5, 0.6) is 0 Å². The molecule has 4 aromatic carbocycles. The van der Waals surface area contributed by atoms with Gasteiger partial charge in [0.15, 0.2) is 0 Å². The fourth-order valence-electron chi connectivity index (χ4n) is 3.80. The van der Waals surface area contributed by atoms with Gasteiger partial charge in [-0.15, -0.1) is 0 Å².